The molecule has 1 aromatic carbocycles. The van der Waals surface area contributed by atoms with Crippen LogP contribution in [0, 0.1) is 5.92 Å². The van der Waals surface area contributed by atoms with Crippen molar-refractivity contribution in [1.82, 2.24) is 9.80 Å². The third kappa shape index (κ3) is 3.52. The normalized spacial score (nSPS) is 21.9. The maximum absolute atomic E-state index is 11.9. The largest absolute Gasteiger partial charge is 0.464 e. The molecule has 1 aliphatic rings. The number of furan rings is 1. The second-order valence-electron chi connectivity index (χ2n) is 6.42. The lowest BCUT2D eigenvalue weighted by Gasteiger charge is -2.17. The molecule has 1 aromatic heterocycles. The number of hydrogen-bond acceptors (Lipinski definition) is 4. The van der Waals surface area contributed by atoms with E-state index in [-0.39, 0.29) is 11.8 Å². The molecule has 1 saturated heterocycles. The van der Waals surface area contributed by atoms with Gasteiger partial charge in [0, 0.05) is 62.0 Å². The molecule has 0 bridgehead atoms. The van der Waals surface area contributed by atoms with Gasteiger partial charge in [0.15, 0.2) is 0 Å². The van der Waals surface area contributed by atoms with Gasteiger partial charge in [-0.15, -0.1) is 0 Å². The predicted octanol–water partition coefficient (Wildman–Crippen LogP) is 2.36. The first kappa shape index (κ1) is 16.3. The summed E-state index contributed by atoms with van der Waals surface area (Å²) in [7, 11) is 3.47. The highest BCUT2D eigenvalue weighted by Gasteiger charge is 2.33. The van der Waals surface area contributed by atoms with Crippen LogP contribution in [0.5, 0.6) is 0 Å². The summed E-state index contributed by atoms with van der Waals surface area (Å²) in [5.74, 6) is 0.0169. The Morgan fingerprint density at radius 3 is 2.96 bits per heavy atom. The number of halogens is 1. The van der Waals surface area contributed by atoms with Crippen molar-refractivity contribution in [3.8, 4) is 0 Å². The SMILES string of the molecule is CN(C)C(=O)C[C@@H]1CN(Cc2cc(Cl)cc3ccoc23)C[C@H]1O. The topological polar surface area (TPSA) is 56.9 Å². The summed E-state index contributed by atoms with van der Waals surface area (Å²) in [6, 6.07) is 5.67. The molecule has 1 N–H and O–H groups in total. The minimum Gasteiger partial charge on any atom is -0.464 e. The molecule has 1 fully saturated rings. The van der Waals surface area contributed by atoms with Crippen molar-refractivity contribution in [1.29, 1.82) is 0 Å². The van der Waals surface area contributed by atoms with E-state index >= 15 is 0 Å². The van der Waals surface area contributed by atoms with Gasteiger partial charge in [-0.3, -0.25) is 9.69 Å². The summed E-state index contributed by atoms with van der Waals surface area (Å²) >= 11 is 6.17. The van der Waals surface area contributed by atoms with E-state index in [0.717, 1.165) is 16.5 Å². The number of aliphatic hydroxyl groups excluding tert-OH is 1. The minimum absolute atomic E-state index is 0.0313. The van der Waals surface area contributed by atoms with E-state index in [1.807, 2.05) is 18.2 Å². The predicted molar refractivity (Wildman–Crippen MR) is 89.3 cm³/mol. The number of amides is 1. The summed E-state index contributed by atoms with van der Waals surface area (Å²) < 4.78 is 5.56. The maximum atomic E-state index is 11.9. The van der Waals surface area contributed by atoms with Crippen molar-refractivity contribution < 1.29 is 14.3 Å². The van der Waals surface area contributed by atoms with E-state index in [0.29, 0.717) is 31.1 Å². The van der Waals surface area contributed by atoms with Gasteiger partial charge in [0.2, 0.25) is 5.91 Å². The average Bonchev–Trinajstić information content (AvgIpc) is 3.06. The van der Waals surface area contributed by atoms with Gasteiger partial charge in [0.1, 0.15) is 5.58 Å². The molecule has 6 heteroatoms. The number of fused-ring (bicyclic) bond motifs is 1. The molecule has 1 amide bonds. The van der Waals surface area contributed by atoms with Crippen LogP contribution in [-0.4, -0.2) is 54.1 Å². The van der Waals surface area contributed by atoms with Crippen LogP contribution in [-0.2, 0) is 11.3 Å². The first-order valence-electron chi connectivity index (χ1n) is 7.70. The molecular formula is C17H21ClN2O3. The van der Waals surface area contributed by atoms with Crippen molar-refractivity contribution in [2.24, 2.45) is 5.92 Å². The van der Waals surface area contributed by atoms with Gasteiger partial charge in [-0.25, -0.2) is 0 Å². The standard InChI is InChI=1S/C17H21ClN2O3/c1-19(2)16(22)7-12-8-20(10-15(12)21)9-13-6-14(18)5-11-3-4-23-17(11)13/h3-6,12,15,21H,7-10H2,1-2H3/t12-,15-/m1/s1. The van der Waals surface area contributed by atoms with E-state index in [4.69, 9.17) is 16.0 Å². The molecule has 23 heavy (non-hydrogen) atoms. The molecule has 3 rings (SSSR count). The molecular weight excluding hydrogens is 316 g/mol. The van der Waals surface area contributed by atoms with Crippen LogP contribution in [0.25, 0.3) is 11.0 Å². The fraction of sp³-hybridized carbons (Fsp3) is 0.471. The highest BCUT2D eigenvalue weighted by molar-refractivity contribution is 6.31. The summed E-state index contributed by atoms with van der Waals surface area (Å²) in [6.07, 6.45) is 1.54. The molecule has 2 aromatic rings. The van der Waals surface area contributed by atoms with Crippen molar-refractivity contribution in [3.05, 3.63) is 35.0 Å². The average molecular weight is 337 g/mol. The molecule has 0 radical (unpaired) electrons. The monoisotopic (exact) mass is 336 g/mol. The lowest BCUT2D eigenvalue weighted by atomic mass is 10.0. The van der Waals surface area contributed by atoms with Gasteiger partial charge >= 0.3 is 0 Å². The molecule has 5 nitrogen and oxygen atoms in total. The first-order chi connectivity index (χ1) is 10.9. The summed E-state index contributed by atoms with van der Waals surface area (Å²) in [4.78, 5) is 15.6. The van der Waals surface area contributed by atoms with E-state index in [9.17, 15) is 9.90 Å². The van der Waals surface area contributed by atoms with Crippen LogP contribution in [0.2, 0.25) is 5.02 Å². The Morgan fingerprint density at radius 1 is 1.43 bits per heavy atom. The smallest absolute Gasteiger partial charge is 0.222 e. The van der Waals surface area contributed by atoms with Crippen LogP contribution in [0.15, 0.2) is 28.9 Å². The van der Waals surface area contributed by atoms with Crippen LogP contribution >= 0.6 is 11.6 Å². The summed E-state index contributed by atoms with van der Waals surface area (Å²) in [5, 5.41) is 11.9. The first-order valence-corrected chi connectivity index (χ1v) is 8.08. The van der Waals surface area contributed by atoms with Crippen molar-refractivity contribution in [2.45, 2.75) is 19.1 Å². The Labute approximate surface area is 140 Å². The number of carbonyl (C=O) groups is 1. The van der Waals surface area contributed by atoms with Gasteiger partial charge in [-0.05, 0) is 18.2 Å². The highest BCUT2D eigenvalue weighted by atomic mass is 35.5. The van der Waals surface area contributed by atoms with Crippen molar-refractivity contribution in [3.63, 3.8) is 0 Å². The highest BCUT2D eigenvalue weighted by Crippen LogP contribution is 2.28. The number of benzene rings is 1. The number of aliphatic hydroxyl groups is 1. The Balaban J connectivity index is 1.71. The molecule has 0 aliphatic carbocycles. The fourth-order valence-electron chi connectivity index (χ4n) is 3.15. The number of hydrogen-bond donors (Lipinski definition) is 1. The lowest BCUT2D eigenvalue weighted by molar-refractivity contribution is -0.130. The quantitative estimate of drug-likeness (QED) is 0.931. The van der Waals surface area contributed by atoms with Gasteiger partial charge < -0.3 is 14.4 Å². The summed E-state index contributed by atoms with van der Waals surface area (Å²) in [5.41, 5.74) is 1.83. The number of rotatable bonds is 4. The number of β-amino-alcohol motifs (C(OH)–C–C–N with tert-alkyl or cyclic N) is 1. The zero-order chi connectivity index (χ0) is 16.6. The fourth-order valence-corrected chi connectivity index (χ4v) is 3.40. The lowest BCUT2D eigenvalue weighted by Crippen LogP contribution is -2.28. The molecule has 2 atom stereocenters. The van der Waals surface area contributed by atoms with E-state index in [1.165, 1.54) is 0 Å². The second-order valence-corrected chi connectivity index (χ2v) is 6.85. The zero-order valence-electron chi connectivity index (χ0n) is 13.3. The molecule has 0 saturated carbocycles. The molecule has 2 heterocycles. The Hall–Kier alpha value is -1.56. The van der Waals surface area contributed by atoms with Crippen LogP contribution in [0.3, 0.4) is 0 Å². The van der Waals surface area contributed by atoms with E-state index in [1.54, 1.807) is 25.3 Å². The number of nitrogens with zero attached hydrogens (tertiary/aromatic N) is 2. The minimum atomic E-state index is -0.481. The Morgan fingerprint density at radius 2 is 2.22 bits per heavy atom. The number of likely N-dealkylation sites (tertiary alicyclic amines) is 1. The van der Waals surface area contributed by atoms with Gasteiger partial charge in [0.05, 0.1) is 12.4 Å². The van der Waals surface area contributed by atoms with Gasteiger partial charge in [-0.2, -0.15) is 0 Å². The zero-order valence-corrected chi connectivity index (χ0v) is 14.1. The van der Waals surface area contributed by atoms with Crippen LogP contribution in [0.4, 0.5) is 0 Å². The van der Waals surface area contributed by atoms with Crippen LogP contribution in [0.1, 0.15) is 12.0 Å². The third-order valence-corrected chi connectivity index (χ3v) is 4.62. The molecule has 0 spiro atoms. The Kier molecular flexibility index (Phi) is 4.62. The molecule has 1 aliphatic heterocycles. The van der Waals surface area contributed by atoms with E-state index < -0.39 is 6.10 Å². The third-order valence-electron chi connectivity index (χ3n) is 4.40. The Bertz CT molecular complexity index is 713. The summed E-state index contributed by atoms with van der Waals surface area (Å²) in [6.45, 7) is 1.89. The van der Waals surface area contributed by atoms with Crippen molar-refractivity contribution in [2.75, 3.05) is 27.2 Å². The maximum Gasteiger partial charge on any atom is 0.222 e. The van der Waals surface area contributed by atoms with Crippen molar-refractivity contribution >= 4 is 28.5 Å². The molecule has 0 unspecified atom stereocenters. The van der Waals surface area contributed by atoms with Gasteiger partial charge in [0.25, 0.3) is 0 Å². The molecule has 124 valence electrons. The second kappa shape index (κ2) is 6.51. The van der Waals surface area contributed by atoms with Crippen LogP contribution < -0.4 is 0 Å². The van der Waals surface area contributed by atoms with Gasteiger partial charge in [-0.1, -0.05) is 11.6 Å². The number of carbonyl (C=O) groups excluding carboxylic acids is 1. The van der Waals surface area contributed by atoms with E-state index in [2.05, 4.69) is 4.90 Å².